The van der Waals surface area contributed by atoms with E-state index in [4.69, 9.17) is 0 Å². The van der Waals surface area contributed by atoms with Crippen LogP contribution in [0.3, 0.4) is 0 Å². The number of benzene rings is 2. The van der Waals surface area contributed by atoms with Crippen LogP contribution < -0.4 is 16.0 Å². The summed E-state index contributed by atoms with van der Waals surface area (Å²) in [7, 11) is 1.75. The summed E-state index contributed by atoms with van der Waals surface area (Å²) >= 11 is 0. The van der Waals surface area contributed by atoms with Gasteiger partial charge in [-0.3, -0.25) is 9.79 Å². The molecule has 0 atom stereocenters. The van der Waals surface area contributed by atoms with Crippen molar-refractivity contribution < 1.29 is 4.79 Å². The highest BCUT2D eigenvalue weighted by Crippen LogP contribution is 2.09. The summed E-state index contributed by atoms with van der Waals surface area (Å²) in [6, 6.07) is 15.9. The fourth-order valence-corrected chi connectivity index (χ4v) is 2.63. The van der Waals surface area contributed by atoms with Crippen molar-refractivity contribution >= 4 is 35.8 Å². The lowest BCUT2D eigenvalue weighted by Crippen LogP contribution is -2.40. The van der Waals surface area contributed by atoms with E-state index in [1.807, 2.05) is 57.2 Å². The first kappa shape index (κ1) is 23.9. The van der Waals surface area contributed by atoms with Gasteiger partial charge in [-0.05, 0) is 56.5 Å². The molecule has 6 heteroatoms. The van der Waals surface area contributed by atoms with E-state index < -0.39 is 0 Å². The highest BCUT2D eigenvalue weighted by Gasteiger charge is 2.15. The van der Waals surface area contributed by atoms with E-state index >= 15 is 0 Å². The van der Waals surface area contributed by atoms with Gasteiger partial charge in [0.25, 0.3) is 5.91 Å². The van der Waals surface area contributed by atoms with E-state index in [0.29, 0.717) is 18.7 Å². The Hall–Kier alpha value is -2.09. The van der Waals surface area contributed by atoms with E-state index in [2.05, 4.69) is 40.0 Å². The van der Waals surface area contributed by atoms with Crippen LogP contribution in [0.25, 0.3) is 0 Å². The molecule has 2 rings (SSSR count). The molecule has 0 aliphatic heterocycles. The van der Waals surface area contributed by atoms with Gasteiger partial charge in [-0.25, -0.2) is 0 Å². The highest BCUT2D eigenvalue weighted by atomic mass is 127. The molecular weight excluding hydrogens is 463 g/mol. The smallest absolute Gasteiger partial charge is 0.251 e. The molecule has 152 valence electrons. The Bertz CT molecular complexity index is 812. The van der Waals surface area contributed by atoms with Crippen LogP contribution in [0.5, 0.6) is 0 Å². The Morgan fingerprint density at radius 1 is 1.00 bits per heavy atom. The topological polar surface area (TPSA) is 65.5 Å². The van der Waals surface area contributed by atoms with Gasteiger partial charge >= 0.3 is 0 Å². The van der Waals surface area contributed by atoms with Crippen molar-refractivity contribution in [3.05, 3.63) is 70.8 Å². The molecule has 2 aromatic rings. The third-order valence-corrected chi connectivity index (χ3v) is 4.07. The molecule has 0 unspecified atom stereocenters. The number of hydrogen-bond acceptors (Lipinski definition) is 2. The number of hydrogen-bond donors (Lipinski definition) is 3. The van der Waals surface area contributed by atoms with Gasteiger partial charge in [-0.15, -0.1) is 24.0 Å². The minimum Gasteiger partial charge on any atom is -0.352 e. The van der Waals surface area contributed by atoms with Gasteiger partial charge in [0.2, 0.25) is 0 Å². The molecule has 0 bridgehead atoms. The number of halogens is 1. The minimum absolute atomic E-state index is 0. The molecule has 5 nitrogen and oxygen atoms in total. The lowest BCUT2D eigenvalue weighted by Gasteiger charge is -2.20. The van der Waals surface area contributed by atoms with Crippen molar-refractivity contribution in [2.45, 2.75) is 46.3 Å². The zero-order valence-corrected chi connectivity index (χ0v) is 19.6. The average Bonchev–Trinajstić information content (AvgIpc) is 2.62. The Morgan fingerprint density at radius 2 is 1.68 bits per heavy atom. The number of nitrogens with zero attached hydrogens (tertiary/aromatic N) is 1. The summed E-state index contributed by atoms with van der Waals surface area (Å²) in [6.45, 7) is 9.31. The van der Waals surface area contributed by atoms with Gasteiger partial charge in [-0.2, -0.15) is 0 Å². The fourth-order valence-electron chi connectivity index (χ4n) is 2.63. The monoisotopic (exact) mass is 494 g/mol. The summed E-state index contributed by atoms with van der Waals surface area (Å²) in [6.07, 6.45) is 0. The van der Waals surface area contributed by atoms with Gasteiger partial charge in [0.05, 0.1) is 0 Å². The predicted molar refractivity (Wildman–Crippen MR) is 127 cm³/mol. The molecule has 0 saturated carbocycles. The van der Waals surface area contributed by atoms with Gasteiger partial charge in [0.1, 0.15) is 0 Å². The van der Waals surface area contributed by atoms with Crippen LogP contribution >= 0.6 is 24.0 Å². The number of aliphatic imine (C=N–C) groups is 1. The zero-order valence-electron chi connectivity index (χ0n) is 17.3. The van der Waals surface area contributed by atoms with Gasteiger partial charge in [0, 0.05) is 31.2 Å². The molecular formula is C22H31IN4O. The van der Waals surface area contributed by atoms with Gasteiger partial charge < -0.3 is 16.0 Å². The second-order valence-corrected chi connectivity index (χ2v) is 7.61. The molecule has 2 aromatic carbocycles. The van der Waals surface area contributed by atoms with E-state index in [1.165, 1.54) is 11.1 Å². The Morgan fingerprint density at radius 3 is 2.32 bits per heavy atom. The largest absolute Gasteiger partial charge is 0.352 e. The molecule has 0 heterocycles. The molecule has 0 aliphatic carbocycles. The van der Waals surface area contributed by atoms with E-state index in [0.717, 1.165) is 11.5 Å². The third-order valence-electron chi connectivity index (χ3n) is 4.07. The Labute approximate surface area is 185 Å². The quantitative estimate of drug-likeness (QED) is 0.335. The Balaban J connectivity index is 0.00000392. The zero-order chi connectivity index (χ0) is 19.9. The SMILES string of the molecule is CN=C(NCc1cccc(C(=O)NC(C)(C)C)c1)NCc1ccccc1C.I. The second-order valence-electron chi connectivity index (χ2n) is 7.61. The lowest BCUT2D eigenvalue weighted by atomic mass is 10.1. The van der Waals surface area contributed by atoms with Crippen LogP contribution in [0.1, 0.15) is 47.8 Å². The maximum atomic E-state index is 12.3. The first-order valence-corrected chi connectivity index (χ1v) is 9.19. The molecule has 3 N–H and O–H groups in total. The van der Waals surface area contributed by atoms with E-state index in [9.17, 15) is 4.79 Å². The summed E-state index contributed by atoms with van der Waals surface area (Å²) in [5, 5.41) is 9.61. The molecule has 0 aliphatic rings. The van der Waals surface area contributed by atoms with Crippen LogP contribution in [-0.2, 0) is 13.1 Å². The maximum absolute atomic E-state index is 12.3. The first-order valence-electron chi connectivity index (χ1n) is 9.19. The summed E-state index contributed by atoms with van der Waals surface area (Å²) in [5.74, 6) is 0.661. The Kier molecular flexibility index (Phi) is 9.45. The molecule has 0 aromatic heterocycles. The number of rotatable bonds is 5. The van der Waals surface area contributed by atoms with Crippen LogP contribution in [-0.4, -0.2) is 24.5 Å². The van der Waals surface area contributed by atoms with Gasteiger partial charge in [0.15, 0.2) is 5.96 Å². The number of guanidine groups is 1. The van der Waals surface area contributed by atoms with E-state index in [-0.39, 0.29) is 35.4 Å². The number of aryl methyl sites for hydroxylation is 1. The number of carbonyl (C=O) groups excluding carboxylic acids is 1. The van der Waals surface area contributed by atoms with Crippen molar-refractivity contribution in [3.8, 4) is 0 Å². The molecule has 0 spiro atoms. The maximum Gasteiger partial charge on any atom is 0.251 e. The first-order chi connectivity index (χ1) is 12.8. The molecule has 1 amide bonds. The summed E-state index contributed by atoms with van der Waals surface area (Å²) < 4.78 is 0. The lowest BCUT2D eigenvalue weighted by molar-refractivity contribution is 0.0919. The highest BCUT2D eigenvalue weighted by molar-refractivity contribution is 14.0. The van der Waals surface area contributed by atoms with Crippen molar-refractivity contribution in [1.29, 1.82) is 0 Å². The van der Waals surface area contributed by atoms with Crippen LogP contribution in [0.4, 0.5) is 0 Å². The minimum atomic E-state index is -0.257. The molecule has 28 heavy (non-hydrogen) atoms. The van der Waals surface area contributed by atoms with E-state index in [1.54, 1.807) is 7.05 Å². The molecule has 0 radical (unpaired) electrons. The van der Waals surface area contributed by atoms with Crippen LogP contribution in [0, 0.1) is 6.92 Å². The van der Waals surface area contributed by atoms with Crippen molar-refractivity contribution in [2.24, 2.45) is 4.99 Å². The second kappa shape index (κ2) is 11.0. The third kappa shape index (κ3) is 7.88. The fraction of sp³-hybridized carbons (Fsp3) is 0.364. The van der Waals surface area contributed by atoms with Crippen LogP contribution in [0.2, 0.25) is 0 Å². The average molecular weight is 494 g/mol. The standard InChI is InChI=1S/C22H30N4O.HI/c1-16-9-6-7-11-19(16)15-25-21(23-5)24-14-17-10-8-12-18(13-17)20(27)26-22(2,3)4;/h6-13H,14-15H2,1-5H3,(H,26,27)(H2,23,24,25);1H. The summed E-state index contributed by atoms with van der Waals surface area (Å²) in [4.78, 5) is 16.6. The predicted octanol–water partition coefficient (Wildman–Crippen LogP) is 4.01. The number of nitrogens with one attached hydrogen (secondary N) is 3. The molecule has 0 saturated heterocycles. The number of carbonyl (C=O) groups is 1. The molecule has 0 fully saturated rings. The van der Waals surface area contributed by atoms with Crippen molar-refractivity contribution in [2.75, 3.05) is 7.05 Å². The number of amides is 1. The normalized spacial score (nSPS) is 11.4. The van der Waals surface area contributed by atoms with Crippen molar-refractivity contribution in [1.82, 2.24) is 16.0 Å². The summed E-state index contributed by atoms with van der Waals surface area (Å²) in [5.41, 5.74) is 3.91. The van der Waals surface area contributed by atoms with Gasteiger partial charge in [-0.1, -0.05) is 36.4 Å². The van der Waals surface area contributed by atoms with Crippen molar-refractivity contribution in [3.63, 3.8) is 0 Å². The van der Waals surface area contributed by atoms with Crippen LogP contribution in [0.15, 0.2) is 53.5 Å².